The first-order valence-electron chi connectivity index (χ1n) is 11.5. The van der Waals surface area contributed by atoms with Gasteiger partial charge in [-0.3, -0.25) is 4.79 Å². The van der Waals surface area contributed by atoms with Crippen molar-refractivity contribution in [1.82, 2.24) is 4.90 Å². The molecule has 0 radical (unpaired) electrons. The van der Waals surface area contributed by atoms with Crippen LogP contribution in [0, 0.1) is 5.92 Å². The lowest BCUT2D eigenvalue weighted by Crippen LogP contribution is -2.42. The number of carboxylic acids is 1. The maximum absolute atomic E-state index is 11.5. The van der Waals surface area contributed by atoms with E-state index in [0.29, 0.717) is 19.7 Å². The number of piperidine rings is 1. The number of aliphatic carboxylic acids is 1. The molecular formula is C28H31NO4. The second-order valence-electron chi connectivity index (χ2n) is 8.47. The van der Waals surface area contributed by atoms with Crippen LogP contribution in [0.1, 0.15) is 29.5 Å². The number of benzene rings is 3. The third-order valence-corrected chi connectivity index (χ3v) is 6.44. The molecule has 1 fully saturated rings. The van der Waals surface area contributed by atoms with E-state index >= 15 is 0 Å². The highest BCUT2D eigenvalue weighted by Crippen LogP contribution is 2.41. The number of carboxylic acid groups (broad SMARTS) is 1. The quantitative estimate of drug-likeness (QED) is 0.480. The zero-order valence-electron chi connectivity index (χ0n) is 19.0. The van der Waals surface area contributed by atoms with Crippen molar-refractivity contribution in [2.24, 2.45) is 5.92 Å². The molecule has 172 valence electrons. The molecule has 0 bridgehead atoms. The van der Waals surface area contributed by atoms with Crippen LogP contribution in [0.4, 0.5) is 0 Å². The van der Waals surface area contributed by atoms with Crippen LogP contribution in [0.3, 0.4) is 0 Å². The van der Waals surface area contributed by atoms with E-state index in [1.807, 2.05) is 48.5 Å². The van der Waals surface area contributed by atoms with Gasteiger partial charge >= 0.3 is 5.97 Å². The summed E-state index contributed by atoms with van der Waals surface area (Å²) in [5.41, 5.74) is 2.31. The van der Waals surface area contributed by atoms with Crippen LogP contribution < -0.4 is 4.74 Å². The van der Waals surface area contributed by atoms with E-state index in [2.05, 4.69) is 41.3 Å². The van der Waals surface area contributed by atoms with Gasteiger partial charge in [0.2, 0.25) is 0 Å². The first-order chi connectivity index (χ1) is 16.1. The van der Waals surface area contributed by atoms with Gasteiger partial charge < -0.3 is 19.5 Å². The minimum atomic E-state index is -0.795. The predicted octanol–water partition coefficient (Wildman–Crippen LogP) is 4.80. The average Bonchev–Trinajstić information content (AvgIpc) is 2.88. The summed E-state index contributed by atoms with van der Waals surface area (Å²) >= 11 is 0. The summed E-state index contributed by atoms with van der Waals surface area (Å²) in [6.45, 7) is 2.63. The molecule has 1 heterocycles. The van der Waals surface area contributed by atoms with E-state index in [1.165, 1.54) is 0 Å². The monoisotopic (exact) mass is 445 g/mol. The fraction of sp³-hybridized carbons (Fsp3) is 0.321. The second kappa shape index (κ2) is 10.6. The first-order valence-corrected chi connectivity index (χ1v) is 11.5. The lowest BCUT2D eigenvalue weighted by molar-refractivity contribution is -0.143. The number of carbonyl (C=O) groups is 1. The number of likely N-dealkylation sites (tertiary alicyclic amines) is 1. The van der Waals surface area contributed by atoms with Gasteiger partial charge in [0.25, 0.3) is 0 Å². The molecule has 1 N–H and O–H groups in total. The smallest absolute Gasteiger partial charge is 0.307 e. The van der Waals surface area contributed by atoms with E-state index in [-0.39, 0.29) is 5.92 Å². The van der Waals surface area contributed by atoms with Crippen LogP contribution in [0.5, 0.6) is 5.75 Å². The van der Waals surface area contributed by atoms with E-state index in [0.717, 1.165) is 41.8 Å². The van der Waals surface area contributed by atoms with Gasteiger partial charge in [-0.05, 0) is 48.2 Å². The standard InChI is InChI=1S/C28H31NO4/c1-32-26-16-14-25(15-17-26)28(23-10-4-2-5-11-23,24-12-6-3-7-13-24)33-20-19-29-18-8-9-22(21-29)27(30)31/h2-7,10-17,22H,8-9,18-21H2,1H3,(H,30,31)/t22-/m0/s1. The molecule has 0 saturated carbocycles. The summed E-state index contributed by atoms with van der Waals surface area (Å²) < 4.78 is 12.2. The van der Waals surface area contributed by atoms with Gasteiger partial charge in [-0.25, -0.2) is 0 Å². The minimum Gasteiger partial charge on any atom is -0.497 e. The van der Waals surface area contributed by atoms with Gasteiger partial charge in [-0.1, -0.05) is 72.8 Å². The van der Waals surface area contributed by atoms with E-state index in [4.69, 9.17) is 9.47 Å². The fourth-order valence-corrected chi connectivity index (χ4v) is 4.71. The Bertz CT molecular complexity index is 981. The summed E-state index contributed by atoms with van der Waals surface area (Å²) in [5.74, 6) is -0.211. The number of nitrogens with zero attached hydrogens (tertiary/aromatic N) is 1. The number of ether oxygens (including phenoxy) is 2. The van der Waals surface area contributed by atoms with Crippen LogP contribution >= 0.6 is 0 Å². The molecule has 5 heteroatoms. The lowest BCUT2D eigenvalue weighted by Gasteiger charge is -2.37. The minimum absolute atomic E-state index is 0.298. The summed E-state index contributed by atoms with van der Waals surface area (Å²) in [7, 11) is 1.66. The average molecular weight is 446 g/mol. The van der Waals surface area contributed by atoms with Gasteiger partial charge in [-0.15, -0.1) is 0 Å². The summed E-state index contributed by atoms with van der Waals surface area (Å²) in [4.78, 5) is 13.7. The number of methoxy groups -OCH3 is 1. The molecule has 1 saturated heterocycles. The molecular weight excluding hydrogens is 414 g/mol. The normalized spacial score (nSPS) is 16.9. The molecule has 33 heavy (non-hydrogen) atoms. The Kier molecular flexibility index (Phi) is 7.43. The zero-order chi connectivity index (χ0) is 23.1. The third-order valence-electron chi connectivity index (χ3n) is 6.44. The molecule has 4 rings (SSSR count). The Morgan fingerprint density at radius 3 is 2.06 bits per heavy atom. The molecule has 0 aromatic heterocycles. The maximum atomic E-state index is 11.5. The topological polar surface area (TPSA) is 59.0 Å². The molecule has 0 unspecified atom stereocenters. The summed E-state index contributed by atoms with van der Waals surface area (Å²) in [5, 5.41) is 9.43. The van der Waals surface area contributed by atoms with Crippen LogP contribution in [0.15, 0.2) is 84.9 Å². The van der Waals surface area contributed by atoms with Crippen molar-refractivity contribution in [2.75, 3.05) is 33.4 Å². The highest BCUT2D eigenvalue weighted by Gasteiger charge is 2.38. The largest absolute Gasteiger partial charge is 0.497 e. The molecule has 3 aromatic carbocycles. The van der Waals surface area contributed by atoms with Crippen molar-refractivity contribution in [3.05, 3.63) is 102 Å². The van der Waals surface area contributed by atoms with Crippen LogP contribution in [0.2, 0.25) is 0 Å². The second-order valence-corrected chi connectivity index (χ2v) is 8.47. The summed E-state index contributed by atoms with van der Waals surface area (Å²) in [6, 6.07) is 28.5. The fourth-order valence-electron chi connectivity index (χ4n) is 4.71. The Labute approximate surface area is 195 Å². The molecule has 0 aliphatic carbocycles. The van der Waals surface area contributed by atoms with Crippen LogP contribution in [-0.2, 0) is 15.1 Å². The van der Waals surface area contributed by atoms with Crippen LogP contribution in [-0.4, -0.2) is 49.3 Å². The van der Waals surface area contributed by atoms with Crippen molar-refractivity contribution in [3.8, 4) is 5.75 Å². The van der Waals surface area contributed by atoms with Gasteiger partial charge in [0.1, 0.15) is 11.4 Å². The molecule has 1 aliphatic heterocycles. The Balaban J connectivity index is 1.68. The molecule has 0 spiro atoms. The third kappa shape index (κ3) is 5.10. The van der Waals surface area contributed by atoms with Crippen molar-refractivity contribution in [3.63, 3.8) is 0 Å². The van der Waals surface area contributed by atoms with Gasteiger partial charge in [-0.2, -0.15) is 0 Å². The van der Waals surface area contributed by atoms with Crippen molar-refractivity contribution in [1.29, 1.82) is 0 Å². The van der Waals surface area contributed by atoms with E-state index in [9.17, 15) is 9.90 Å². The highest BCUT2D eigenvalue weighted by atomic mass is 16.5. The van der Waals surface area contributed by atoms with Gasteiger partial charge in [0.15, 0.2) is 0 Å². The predicted molar refractivity (Wildman–Crippen MR) is 129 cm³/mol. The van der Waals surface area contributed by atoms with Gasteiger partial charge in [0.05, 0.1) is 19.6 Å². The Morgan fingerprint density at radius 1 is 0.939 bits per heavy atom. The lowest BCUT2D eigenvalue weighted by atomic mass is 9.80. The highest BCUT2D eigenvalue weighted by molar-refractivity contribution is 5.70. The zero-order valence-corrected chi connectivity index (χ0v) is 19.0. The SMILES string of the molecule is COc1ccc(C(OCCN2CCC[C@H](C(=O)O)C2)(c2ccccc2)c2ccccc2)cc1. The van der Waals surface area contributed by atoms with E-state index in [1.54, 1.807) is 7.11 Å². The molecule has 5 nitrogen and oxygen atoms in total. The van der Waals surface area contributed by atoms with Crippen molar-refractivity contribution in [2.45, 2.75) is 18.4 Å². The Morgan fingerprint density at radius 2 is 1.52 bits per heavy atom. The molecule has 3 aromatic rings. The number of hydrogen-bond donors (Lipinski definition) is 1. The van der Waals surface area contributed by atoms with Gasteiger partial charge in [0, 0.05) is 13.1 Å². The van der Waals surface area contributed by atoms with Crippen molar-refractivity contribution >= 4 is 5.97 Å². The molecule has 1 atom stereocenters. The first kappa shape index (κ1) is 23.0. The maximum Gasteiger partial charge on any atom is 0.307 e. The number of hydrogen-bond acceptors (Lipinski definition) is 4. The molecule has 0 amide bonds. The van der Waals surface area contributed by atoms with Crippen LogP contribution in [0.25, 0.3) is 0 Å². The molecule has 1 aliphatic rings. The Hall–Kier alpha value is -3.15. The van der Waals surface area contributed by atoms with E-state index < -0.39 is 11.6 Å². The number of rotatable bonds is 9. The van der Waals surface area contributed by atoms with Crippen molar-refractivity contribution < 1.29 is 19.4 Å². The summed E-state index contributed by atoms with van der Waals surface area (Å²) in [6.07, 6.45) is 1.65.